The van der Waals surface area contributed by atoms with E-state index in [1.807, 2.05) is 18.2 Å². The van der Waals surface area contributed by atoms with Crippen molar-refractivity contribution in [2.45, 2.75) is 33.4 Å². The van der Waals surface area contributed by atoms with Crippen molar-refractivity contribution in [3.05, 3.63) is 34.9 Å². The van der Waals surface area contributed by atoms with Crippen LogP contribution in [0.2, 0.25) is 5.02 Å². The predicted octanol–water partition coefficient (Wildman–Crippen LogP) is 3.15. The summed E-state index contributed by atoms with van der Waals surface area (Å²) in [6.45, 7) is 8.33. The monoisotopic (exact) mass is 254 g/mol. The van der Waals surface area contributed by atoms with Crippen molar-refractivity contribution < 1.29 is 0 Å². The van der Waals surface area contributed by atoms with Gasteiger partial charge in [0.1, 0.15) is 0 Å². The molecule has 0 amide bonds. The Morgan fingerprint density at radius 2 is 2.06 bits per heavy atom. The Morgan fingerprint density at radius 3 is 2.59 bits per heavy atom. The minimum Gasteiger partial charge on any atom is -0.327 e. The van der Waals surface area contributed by atoms with Crippen LogP contribution in [0.3, 0.4) is 0 Å². The van der Waals surface area contributed by atoms with Crippen LogP contribution in [0.1, 0.15) is 26.3 Å². The Labute approximate surface area is 110 Å². The highest BCUT2D eigenvalue weighted by Gasteiger charge is 2.24. The summed E-state index contributed by atoms with van der Waals surface area (Å²) in [5, 5.41) is 0.794. The van der Waals surface area contributed by atoms with Gasteiger partial charge in [-0.05, 0) is 37.1 Å². The van der Waals surface area contributed by atoms with Gasteiger partial charge in [-0.1, -0.05) is 37.6 Å². The lowest BCUT2D eigenvalue weighted by Crippen LogP contribution is -2.42. The third-order valence-electron chi connectivity index (χ3n) is 3.25. The van der Waals surface area contributed by atoms with E-state index in [0.717, 1.165) is 18.1 Å². The van der Waals surface area contributed by atoms with Crippen LogP contribution < -0.4 is 5.73 Å². The van der Waals surface area contributed by atoms with E-state index in [4.69, 9.17) is 17.3 Å². The first kappa shape index (κ1) is 14.5. The normalized spacial score (nSPS) is 14.1. The topological polar surface area (TPSA) is 29.3 Å². The van der Waals surface area contributed by atoms with Crippen LogP contribution in [0, 0.1) is 5.41 Å². The summed E-state index contributed by atoms with van der Waals surface area (Å²) in [5.41, 5.74) is 7.34. The molecular weight excluding hydrogens is 232 g/mol. The minimum atomic E-state index is 0.118. The van der Waals surface area contributed by atoms with Crippen molar-refractivity contribution in [2.75, 3.05) is 13.6 Å². The van der Waals surface area contributed by atoms with Gasteiger partial charge in [-0.25, -0.2) is 0 Å². The Morgan fingerprint density at radius 1 is 1.41 bits per heavy atom. The maximum absolute atomic E-state index is 5.99. The molecule has 0 aliphatic heterocycles. The lowest BCUT2D eigenvalue weighted by atomic mass is 9.85. The molecule has 0 radical (unpaired) electrons. The number of nitrogens with zero attached hydrogens (tertiary/aromatic N) is 1. The van der Waals surface area contributed by atoms with Gasteiger partial charge < -0.3 is 10.6 Å². The van der Waals surface area contributed by atoms with Gasteiger partial charge in [0.2, 0.25) is 0 Å². The molecule has 2 nitrogen and oxygen atoms in total. The van der Waals surface area contributed by atoms with E-state index in [-0.39, 0.29) is 11.5 Å². The van der Waals surface area contributed by atoms with Crippen LogP contribution in [-0.2, 0) is 6.54 Å². The SMILES string of the molecule is CC(N)C(C)(C)CN(C)Cc1cccc(Cl)c1. The lowest BCUT2D eigenvalue weighted by Gasteiger charge is -2.33. The van der Waals surface area contributed by atoms with Crippen LogP contribution in [0.5, 0.6) is 0 Å². The van der Waals surface area contributed by atoms with E-state index in [0.29, 0.717) is 0 Å². The lowest BCUT2D eigenvalue weighted by molar-refractivity contribution is 0.178. The molecule has 0 aliphatic rings. The second-order valence-corrected chi connectivity index (χ2v) is 6.02. The number of halogens is 1. The van der Waals surface area contributed by atoms with E-state index >= 15 is 0 Å². The Kier molecular flexibility index (Phi) is 4.99. The Bertz CT molecular complexity index is 361. The van der Waals surface area contributed by atoms with Gasteiger partial charge in [0.15, 0.2) is 0 Å². The maximum atomic E-state index is 5.99. The average Bonchev–Trinajstić information content (AvgIpc) is 2.15. The summed E-state index contributed by atoms with van der Waals surface area (Å²) >= 11 is 5.97. The fraction of sp³-hybridized carbons (Fsp3) is 0.571. The van der Waals surface area contributed by atoms with Gasteiger partial charge >= 0.3 is 0 Å². The molecule has 0 spiro atoms. The molecule has 0 heterocycles. The standard InChI is InChI=1S/C14H23ClN2/c1-11(16)14(2,3)10-17(4)9-12-6-5-7-13(15)8-12/h5-8,11H,9-10,16H2,1-4H3. The second-order valence-electron chi connectivity index (χ2n) is 5.58. The van der Waals surface area contributed by atoms with Crippen LogP contribution in [-0.4, -0.2) is 24.5 Å². The van der Waals surface area contributed by atoms with Crippen molar-refractivity contribution >= 4 is 11.6 Å². The molecule has 0 saturated heterocycles. The maximum Gasteiger partial charge on any atom is 0.0409 e. The number of benzene rings is 1. The molecule has 0 aliphatic carbocycles. The molecule has 0 fully saturated rings. The molecule has 1 atom stereocenters. The number of nitrogens with two attached hydrogens (primary N) is 1. The molecule has 2 N–H and O–H groups in total. The summed E-state index contributed by atoms with van der Waals surface area (Å²) in [6.07, 6.45) is 0. The van der Waals surface area contributed by atoms with Crippen molar-refractivity contribution in [3.8, 4) is 0 Å². The van der Waals surface area contributed by atoms with Crippen molar-refractivity contribution in [3.63, 3.8) is 0 Å². The molecular formula is C14H23ClN2. The van der Waals surface area contributed by atoms with E-state index in [1.165, 1.54) is 5.56 Å². The Hall–Kier alpha value is -0.570. The molecule has 3 heteroatoms. The largest absolute Gasteiger partial charge is 0.327 e. The van der Waals surface area contributed by atoms with Crippen LogP contribution in [0.25, 0.3) is 0 Å². The summed E-state index contributed by atoms with van der Waals surface area (Å²) in [6, 6.07) is 8.18. The zero-order valence-electron chi connectivity index (χ0n) is 11.2. The number of hydrogen-bond donors (Lipinski definition) is 1. The summed E-state index contributed by atoms with van der Waals surface area (Å²) in [7, 11) is 2.12. The molecule has 1 aromatic carbocycles. The highest BCUT2D eigenvalue weighted by atomic mass is 35.5. The molecule has 1 aromatic rings. The van der Waals surface area contributed by atoms with Gasteiger partial charge in [0, 0.05) is 24.2 Å². The number of rotatable bonds is 5. The molecule has 96 valence electrons. The third-order valence-corrected chi connectivity index (χ3v) is 3.49. The molecule has 0 bridgehead atoms. The van der Waals surface area contributed by atoms with Crippen molar-refractivity contribution in [1.82, 2.24) is 4.90 Å². The van der Waals surface area contributed by atoms with Crippen molar-refractivity contribution in [2.24, 2.45) is 11.1 Å². The van der Waals surface area contributed by atoms with Gasteiger partial charge in [-0.3, -0.25) is 0 Å². The minimum absolute atomic E-state index is 0.118. The predicted molar refractivity (Wildman–Crippen MR) is 75.2 cm³/mol. The van der Waals surface area contributed by atoms with Gasteiger partial charge in [0.25, 0.3) is 0 Å². The van der Waals surface area contributed by atoms with Crippen LogP contribution in [0.15, 0.2) is 24.3 Å². The molecule has 0 aromatic heterocycles. The van der Waals surface area contributed by atoms with E-state index in [1.54, 1.807) is 0 Å². The fourth-order valence-corrected chi connectivity index (χ4v) is 2.06. The van der Waals surface area contributed by atoms with Gasteiger partial charge in [-0.2, -0.15) is 0 Å². The van der Waals surface area contributed by atoms with E-state index < -0.39 is 0 Å². The highest BCUT2D eigenvalue weighted by Crippen LogP contribution is 2.21. The van der Waals surface area contributed by atoms with E-state index in [9.17, 15) is 0 Å². The molecule has 1 rings (SSSR count). The quantitative estimate of drug-likeness (QED) is 0.875. The van der Waals surface area contributed by atoms with Gasteiger partial charge in [0.05, 0.1) is 0 Å². The van der Waals surface area contributed by atoms with E-state index in [2.05, 4.69) is 38.8 Å². The van der Waals surface area contributed by atoms with Gasteiger partial charge in [-0.15, -0.1) is 0 Å². The van der Waals surface area contributed by atoms with Crippen LogP contribution in [0.4, 0.5) is 0 Å². The smallest absolute Gasteiger partial charge is 0.0409 e. The summed E-state index contributed by atoms with van der Waals surface area (Å²) in [5.74, 6) is 0. The zero-order chi connectivity index (χ0) is 13.1. The Balaban J connectivity index is 2.58. The molecule has 17 heavy (non-hydrogen) atoms. The first-order chi connectivity index (χ1) is 7.81. The van der Waals surface area contributed by atoms with Crippen molar-refractivity contribution in [1.29, 1.82) is 0 Å². The third kappa shape index (κ3) is 4.66. The second kappa shape index (κ2) is 5.85. The van der Waals surface area contributed by atoms with Crippen LogP contribution >= 0.6 is 11.6 Å². The first-order valence-electron chi connectivity index (χ1n) is 6.00. The summed E-state index contributed by atoms with van der Waals surface area (Å²) in [4.78, 5) is 2.29. The molecule has 0 saturated carbocycles. The molecule has 1 unspecified atom stereocenters. The fourth-order valence-electron chi connectivity index (χ4n) is 1.84. The number of hydrogen-bond acceptors (Lipinski definition) is 2. The zero-order valence-corrected chi connectivity index (χ0v) is 12.0. The summed E-state index contributed by atoms with van der Waals surface area (Å²) < 4.78 is 0. The average molecular weight is 255 g/mol. The highest BCUT2D eigenvalue weighted by molar-refractivity contribution is 6.30. The first-order valence-corrected chi connectivity index (χ1v) is 6.37.